The molecule has 194 valence electrons. The highest BCUT2D eigenvalue weighted by molar-refractivity contribution is 7.99. The fraction of sp³-hybridized carbons (Fsp3) is 0.393. The lowest BCUT2D eigenvalue weighted by Crippen LogP contribution is -2.49. The summed E-state index contributed by atoms with van der Waals surface area (Å²) in [6, 6.07) is 19.2. The fourth-order valence-corrected chi connectivity index (χ4v) is 6.03. The zero-order valence-corrected chi connectivity index (χ0v) is 22.3. The highest BCUT2D eigenvalue weighted by atomic mass is 35.5. The molecular formula is C28H31ClFN5OS. The van der Waals surface area contributed by atoms with E-state index in [4.69, 9.17) is 16.6 Å². The number of carbonyl (C=O) groups is 1. The van der Waals surface area contributed by atoms with Crippen molar-refractivity contribution in [2.24, 2.45) is 5.92 Å². The van der Waals surface area contributed by atoms with Crippen LogP contribution in [0.2, 0.25) is 5.15 Å². The molecule has 1 amide bonds. The molecule has 5 rings (SSSR count). The summed E-state index contributed by atoms with van der Waals surface area (Å²) in [5, 5.41) is 0.914. The summed E-state index contributed by atoms with van der Waals surface area (Å²) in [7, 11) is 0. The molecule has 2 aliphatic heterocycles. The molecule has 0 atom stereocenters. The third-order valence-electron chi connectivity index (χ3n) is 7.12. The number of aromatic nitrogens is 2. The van der Waals surface area contributed by atoms with Gasteiger partial charge in [0.1, 0.15) is 16.8 Å². The number of hydrogen-bond donors (Lipinski definition) is 0. The van der Waals surface area contributed by atoms with Gasteiger partial charge in [-0.25, -0.2) is 14.4 Å². The van der Waals surface area contributed by atoms with E-state index in [2.05, 4.69) is 40.2 Å². The Labute approximate surface area is 226 Å². The van der Waals surface area contributed by atoms with Crippen LogP contribution in [0.15, 0.2) is 65.8 Å². The van der Waals surface area contributed by atoms with Crippen LogP contribution in [0, 0.1) is 11.7 Å². The first kappa shape index (κ1) is 25.8. The Hall–Kier alpha value is -2.84. The number of amides is 1. The van der Waals surface area contributed by atoms with E-state index in [1.54, 1.807) is 12.1 Å². The highest BCUT2D eigenvalue weighted by Crippen LogP contribution is 2.28. The average molecular weight is 540 g/mol. The molecule has 0 aliphatic carbocycles. The molecule has 0 saturated carbocycles. The fourth-order valence-electron chi connectivity index (χ4n) is 5.05. The Bertz CT molecular complexity index is 1200. The van der Waals surface area contributed by atoms with E-state index >= 15 is 0 Å². The number of hydrogen-bond acceptors (Lipinski definition) is 6. The van der Waals surface area contributed by atoms with Crippen LogP contribution in [0.25, 0.3) is 0 Å². The minimum absolute atomic E-state index is 0.0324. The lowest BCUT2D eigenvalue weighted by Gasteiger charge is -2.36. The molecule has 0 unspecified atom stereocenters. The van der Waals surface area contributed by atoms with Crippen LogP contribution in [0.5, 0.6) is 0 Å². The van der Waals surface area contributed by atoms with Gasteiger partial charge in [0.05, 0.1) is 11.4 Å². The summed E-state index contributed by atoms with van der Waals surface area (Å²) in [6.07, 6.45) is 3.32. The summed E-state index contributed by atoms with van der Waals surface area (Å²) in [4.78, 5) is 28.0. The van der Waals surface area contributed by atoms with Gasteiger partial charge in [-0.3, -0.25) is 4.79 Å². The number of anilines is 2. The number of rotatable bonds is 7. The van der Waals surface area contributed by atoms with Crippen LogP contribution in [-0.2, 0) is 11.2 Å². The maximum Gasteiger partial charge on any atom is 0.233 e. The van der Waals surface area contributed by atoms with Crippen LogP contribution < -0.4 is 9.80 Å². The third kappa shape index (κ3) is 6.73. The van der Waals surface area contributed by atoms with Gasteiger partial charge in [-0.15, -0.1) is 0 Å². The van der Waals surface area contributed by atoms with Crippen molar-refractivity contribution in [1.82, 2.24) is 14.9 Å². The Morgan fingerprint density at radius 3 is 2.35 bits per heavy atom. The van der Waals surface area contributed by atoms with Gasteiger partial charge in [0.2, 0.25) is 5.91 Å². The van der Waals surface area contributed by atoms with Crippen molar-refractivity contribution < 1.29 is 9.18 Å². The Morgan fingerprint density at radius 1 is 0.919 bits per heavy atom. The molecule has 6 nitrogen and oxygen atoms in total. The summed E-state index contributed by atoms with van der Waals surface area (Å²) in [5.41, 5.74) is 1.98. The number of benzene rings is 2. The molecule has 1 aromatic heterocycles. The molecule has 3 heterocycles. The molecule has 37 heavy (non-hydrogen) atoms. The van der Waals surface area contributed by atoms with E-state index < -0.39 is 0 Å². The second-order valence-electron chi connectivity index (χ2n) is 9.56. The van der Waals surface area contributed by atoms with Crippen LogP contribution >= 0.6 is 23.4 Å². The maximum atomic E-state index is 14.1. The lowest BCUT2D eigenvalue weighted by molar-refractivity contribution is -0.128. The van der Waals surface area contributed by atoms with Gasteiger partial charge in [0.25, 0.3) is 0 Å². The van der Waals surface area contributed by atoms with E-state index in [0.717, 1.165) is 38.2 Å². The second-order valence-corrected chi connectivity index (χ2v) is 10.9. The molecule has 2 aliphatic rings. The minimum Gasteiger partial charge on any atom is -0.366 e. The number of thioether (sulfide) groups is 1. The topological polar surface area (TPSA) is 52.6 Å². The van der Waals surface area contributed by atoms with E-state index in [1.165, 1.54) is 23.4 Å². The first-order valence-corrected chi connectivity index (χ1v) is 14.1. The standard InChI is InChI=1S/C28H31ClFN5OS/c29-25-19-26(34-12-10-22(11-13-34)18-21-6-2-1-3-7-21)32-28(31-25)37-20-27(36)35-16-14-33(15-17-35)24-9-5-4-8-23(24)30/h1-9,19,22H,10-18,20H2. The van der Waals surface area contributed by atoms with Crippen molar-refractivity contribution in [2.45, 2.75) is 24.4 Å². The summed E-state index contributed by atoms with van der Waals surface area (Å²) in [6.45, 7) is 4.20. The molecule has 2 aromatic carbocycles. The number of halogens is 2. The smallest absolute Gasteiger partial charge is 0.233 e. The van der Waals surface area contributed by atoms with Crippen molar-refractivity contribution in [3.63, 3.8) is 0 Å². The summed E-state index contributed by atoms with van der Waals surface area (Å²) < 4.78 is 14.1. The number of piperazine rings is 1. The Balaban J connectivity index is 1.11. The molecule has 0 bridgehead atoms. The van der Waals surface area contributed by atoms with Crippen molar-refractivity contribution in [3.8, 4) is 0 Å². The van der Waals surface area contributed by atoms with Gasteiger partial charge in [0.15, 0.2) is 5.16 Å². The maximum absolute atomic E-state index is 14.1. The van der Waals surface area contributed by atoms with Gasteiger partial charge < -0.3 is 14.7 Å². The van der Waals surface area contributed by atoms with Crippen molar-refractivity contribution in [1.29, 1.82) is 0 Å². The normalized spacial score (nSPS) is 16.8. The van der Waals surface area contributed by atoms with Gasteiger partial charge in [-0.05, 0) is 42.9 Å². The molecule has 0 radical (unpaired) electrons. The van der Waals surface area contributed by atoms with Crippen LogP contribution in [0.4, 0.5) is 15.9 Å². The quantitative estimate of drug-likeness (QED) is 0.235. The first-order valence-electron chi connectivity index (χ1n) is 12.8. The van der Waals surface area contributed by atoms with Crippen LogP contribution in [0.3, 0.4) is 0 Å². The SMILES string of the molecule is O=C(CSc1nc(Cl)cc(N2CCC(Cc3ccccc3)CC2)n1)N1CCN(c2ccccc2F)CC1. The molecular weight excluding hydrogens is 509 g/mol. The zero-order valence-electron chi connectivity index (χ0n) is 20.7. The summed E-state index contributed by atoms with van der Waals surface area (Å²) >= 11 is 7.65. The number of piperidine rings is 1. The third-order valence-corrected chi connectivity index (χ3v) is 8.14. The lowest BCUT2D eigenvalue weighted by atomic mass is 9.90. The minimum atomic E-state index is -0.229. The Kier molecular flexibility index (Phi) is 8.46. The molecule has 2 saturated heterocycles. The molecule has 2 fully saturated rings. The second kappa shape index (κ2) is 12.1. The molecule has 0 spiro atoms. The predicted molar refractivity (Wildman–Crippen MR) is 148 cm³/mol. The largest absolute Gasteiger partial charge is 0.366 e. The number of para-hydroxylation sites is 1. The monoisotopic (exact) mass is 539 g/mol. The highest BCUT2D eigenvalue weighted by Gasteiger charge is 2.24. The number of carbonyl (C=O) groups excluding carboxylic acids is 1. The molecule has 9 heteroatoms. The summed E-state index contributed by atoms with van der Waals surface area (Å²) in [5.74, 6) is 1.55. The van der Waals surface area contributed by atoms with Crippen molar-refractivity contribution >= 4 is 40.8 Å². The number of nitrogens with zero attached hydrogens (tertiary/aromatic N) is 5. The van der Waals surface area contributed by atoms with Gasteiger partial charge in [-0.2, -0.15) is 0 Å². The van der Waals surface area contributed by atoms with Gasteiger partial charge in [-0.1, -0.05) is 65.8 Å². The van der Waals surface area contributed by atoms with Crippen LogP contribution in [0.1, 0.15) is 18.4 Å². The first-order chi connectivity index (χ1) is 18.0. The van der Waals surface area contributed by atoms with Crippen LogP contribution in [-0.4, -0.2) is 65.8 Å². The van der Waals surface area contributed by atoms with Gasteiger partial charge >= 0.3 is 0 Å². The van der Waals surface area contributed by atoms with E-state index in [-0.39, 0.29) is 17.5 Å². The molecule has 3 aromatic rings. The zero-order chi connectivity index (χ0) is 25.6. The van der Waals surface area contributed by atoms with E-state index in [9.17, 15) is 9.18 Å². The van der Waals surface area contributed by atoms with E-state index in [1.807, 2.05) is 21.9 Å². The predicted octanol–water partition coefficient (Wildman–Crippen LogP) is 5.17. The molecule has 0 N–H and O–H groups in total. The van der Waals surface area contributed by atoms with Gasteiger partial charge in [0, 0.05) is 45.3 Å². The van der Waals surface area contributed by atoms with E-state index in [0.29, 0.717) is 48.1 Å². The average Bonchev–Trinajstić information content (AvgIpc) is 2.93. The van der Waals surface area contributed by atoms with Crippen molar-refractivity contribution in [2.75, 3.05) is 54.8 Å². The van der Waals surface area contributed by atoms with Crippen molar-refractivity contribution in [3.05, 3.63) is 77.2 Å². The Morgan fingerprint density at radius 2 is 1.62 bits per heavy atom.